The summed E-state index contributed by atoms with van der Waals surface area (Å²) in [6.45, 7) is 1.61. The van der Waals surface area contributed by atoms with Gasteiger partial charge in [0.1, 0.15) is 5.75 Å². The van der Waals surface area contributed by atoms with Gasteiger partial charge in [-0.15, -0.1) is 0 Å². The normalized spacial score (nSPS) is 20.6. The SMILES string of the molecule is COc1cccc(C2CC(O)CN2CCC(=O)N(C)CCC#N)c1. The van der Waals surface area contributed by atoms with Crippen LogP contribution in [0.4, 0.5) is 0 Å². The summed E-state index contributed by atoms with van der Waals surface area (Å²) >= 11 is 0. The molecule has 0 spiro atoms. The van der Waals surface area contributed by atoms with E-state index in [1.165, 1.54) is 0 Å². The molecule has 0 saturated carbocycles. The van der Waals surface area contributed by atoms with Crippen LogP contribution in [-0.4, -0.2) is 60.7 Å². The van der Waals surface area contributed by atoms with Crippen molar-refractivity contribution >= 4 is 5.91 Å². The molecule has 1 aliphatic heterocycles. The summed E-state index contributed by atoms with van der Waals surface area (Å²) in [5.74, 6) is 0.817. The molecule has 1 heterocycles. The van der Waals surface area contributed by atoms with Gasteiger partial charge in [-0.3, -0.25) is 9.69 Å². The van der Waals surface area contributed by atoms with Gasteiger partial charge in [-0.1, -0.05) is 12.1 Å². The van der Waals surface area contributed by atoms with Gasteiger partial charge in [-0.2, -0.15) is 5.26 Å². The second-order valence-electron chi connectivity index (χ2n) is 6.15. The molecular formula is C18H25N3O3. The Bertz CT molecular complexity index is 599. The number of amides is 1. The van der Waals surface area contributed by atoms with E-state index < -0.39 is 0 Å². The van der Waals surface area contributed by atoms with Crippen LogP contribution in [0, 0.1) is 11.3 Å². The summed E-state index contributed by atoms with van der Waals surface area (Å²) in [7, 11) is 3.36. The number of benzene rings is 1. The number of carbonyl (C=O) groups excluding carboxylic acids is 1. The topological polar surface area (TPSA) is 76.8 Å². The number of hydrogen-bond acceptors (Lipinski definition) is 5. The van der Waals surface area contributed by atoms with Gasteiger partial charge >= 0.3 is 0 Å². The largest absolute Gasteiger partial charge is 0.497 e. The summed E-state index contributed by atoms with van der Waals surface area (Å²) < 4.78 is 5.28. The van der Waals surface area contributed by atoms with Gasteiger partial charge in [0.25, 0.3) is 0 Å². The van der Waals surface area contributed by atoms with Crippen LogP contribution < -0.4 is 4.74 Å². The number of aliphatic hydroxyl groups is 1. The van der Waals surface area contributed by atoms with E-state index >= 15 is 0 Å². The van der Waals surface area contributed by atoms with E-state index in [9.17, 15) is 9.90 Å². The molecule has 1 aromatic rings. The van der Waals surface area contributed by atoms with Gasteiger partial charge in [0.05, 0.1) is 25.7 Å². The maximum Gasteiger partial charge on any atom is 0.223 e. The molecular weight excluding hydrogens is 306 g/mol. The van der Waals surface area contributed by atoms with Crippen molar-refractivity contribution in [2.45, 2.75) is 31.4 Å². The van der Waals surface area contributed by atoms with E-state index in [2.05, 4.69) is 4.90 Å². The average Bonchev–Trinajstić information content (AvgIpc) is 2.98. The van der Waals surface area contributed by atoms with E-state index in [1.807, 2.05) is 30.3 Å². The zero-order valence-corrected chi connectivity index (χ0v) is 14.3. The Kier molecular flexibility index (Phi) is 6.59. The number of hydrogen-bond donors (Lipinski definition) is 1. The molecule has 1 saturated heterocycles. The lowest BCUT2D eigenvalue weighted by Crippen LogP contribution is -2.33. The molecule has 0 aromatic heterocycles. The summed E-state index contributed by atoms with van der Waals surface area (Å²) in [6, 6.07) is 9.98. The van der Waals surface area contributed by atoms with Gasteiger partial charge in [-0.05, 0) is 24.1 Å². The maximum atomic E-state index is 12.1. The quantitative estimate of drug-likeness (QED) is 0.820. The van der Waals surface area contributed by atoms with Crippen LogP contribution in [-0.2, 0) is 4.79 Å². The van der Waals surface area contributed by atoms with Gasteiger partial charge in [0, 0.05) is 39.1 Å². The first-order valence-electron chi connectivity index (χ1n) is 8.22. The molecule has 1 aromatic carbocycles. The summed E-state index contributed by atoms with van der Waals surface area (Å²) in [6.07, 6.45) is 1.00. The van der Waals surface area contributed by atoms with Crippen molar-refractivity contribution in [3.05, 3.63) is 29.8 Å². The molecule has 6 nitrogen and oxygen atoms in total. The lowest BCUT2D eigenvalue weighted by Gasteiger charge is -2.25. The molecule has 0 aliphatic carbocycles. The highest BCUT2D eigenvalue weighted by Gasteiger charge is 2.32. The molecule has 2 atom stereocenters. The standard InChI is InChI=1S/C18H25N3O3/c1-20(9-4-8-19)18(23)7-10-21-13-15(22)12-17(21)14-5-3-6-16(11-14)24-2/h3,5-6,11,15,17,22H,4,7,9-10,12-13H2,1-2H3. The third-order valence-electron chi connectivity index (χ3n) is 4.46. The van der Waals surface area contributed by atoms with Crippen molar-refractivity contribution in [1.82, 2.24) is 9.80 Å². The number of rotatable bonds is 7. The van der Waals surface area contributed by atoms with Crippen molar-refractivity contribution < 1.29 is 14.6 Å². The van der Waals surface area contributed by atoms with Crippen molar-refractivity contribution in [3.8, 4) is 11.8 Å². The number of likely N-dealkylation sites (tertiary alicyclic amines) is 1. The zero-order chi connectivity index (χ0) is 17.5. The Morgan fingerprint density at radius 1 is 1.54 bits per heavy atom. The van der Waals surface area contributed by atoms with Crippen molar-refractivity contribution in [3.63, 3.8) is 0 Å². The van der Waals surface area contributed by atoms with Crippen LogP contribution in [0.25, 0.3) is 0 Å². The summed E-state index contributed by atoms with van der Waals surface area (Å²) in [4.78, 5) is 15.9. The average molecular weight is 331 g/mol. The Labute approximate surface area is 143 Å². The Morgan fingerprint density at radius 2 is 2.33 bits per heavy atom. The van der Waals surface area contributed by atoms with E-state index in [-0.39, 0.29) is 18.1 Å². The van der Waals surface area contributed by atoms with E-state index in [0.29, 0.717) is 38.9 Å². The third kappa shape index (κ3) is 4.70. The number of aliphatic hydroxyl groups excluding tert-OH is 1. The van der Waals surface area contributed by atoms with E-state index in [4.69, 9.17) is 10.00 Å². The molecule has 1 fully saturated rings. The van der Waals surface area contributed by atoms with Crippen molar-refractivity contribution in [2.75, 3.05) is 33.8 Å². The highest BCUT2D eigenvalue weighted by Crippen LogP contribution is 2.33. The number of methoxy groups -OCH3 is 1. The molecule has 1 aliphatic rings. The lowest BCUT2D eigenvalue weighted by atomic mass is 10.0. The Morgan fingerprint density at radius 3 is 3.04 bits per heavy atom. The number of ether oxygens (including phenoxy) is 1. The first kappa shape index (κ1) is 18.2. The van der Waals surface area contributed by atoms with Gasteiger partial charge in [-0.25, -0.2) is 0 Å². The van der Waals surface area contributed by atoms with Crippen LogP contribution >= 0.6 is 0 Å². The molecule has 6 heteroatoms. The van der Waals surface area contributed by atoms with E-state index in [0.717, 1.165) is 11.3 Å². The fourth-order valence-electron chi connectivity index (χ4n) is 3.09. The molecule has 130 valence electrons. The minimum atomic E-state index is -0.382. The summed E-state index contributed by atoms with van der Waals surface area (Å²) in [5, 5.41) is 18.6. The summed E-state index contributed by atoms with van der Waals surface area (Å²) in [5.41, 5.74) is 1.09. The Hall–Kier alpha value is -2.10. The van der Waals surface area contributed by atoms with E-state index in [1.54, 1.807) is 19.1 Å². The molecule has 2 unspecified atom stereocenters. The molecule has 1 amide bonds. The molecule has 2 rings (SSSR count). The van der Waals surface area contributed by atoms with Gasteiger partial charge in [0.15, 0.2) is 0 Å². The number of carbonyl (C=O) groups is 1. The lowest BCUT2D eigenvalue weighted by molar-refractivity contribution is -0.130. The number of nitrogens with zero attached hydrogens (tertiary/aromatic N) is 3. The first-order chi connectivity index (χ1) is 11.5. The van der Waals surface area contributed by atoms with Crippen molar-refractivity contribution in [2.24, 2.45) is 0 Å². The van der Waals surface area contributed by atoms with Crippen LogP contribution in [0.2, 0.25) is 0 Å². The predicted octanol–water partition coefficient (Wildman–Crippen LogP) is 1.57. The van der Waals surface area contributed by atoms with Gasteiger partial charge in [0.2, 0.25) is 5.91 Å². The minimum absolute atomic E-state index is 0.0241. The fourth-order valence-corrected chi connectivity index (χ4v) is 3.09. The van der Waals surface area contributed by atoms with Gasteiger partial charge < -0.3 is 14.7 Å². The van der Waals surface area contributed by atoms with Crippen LogP contribution in [0.1, 0.15) is 30.9 Å². The zero-order valence-electron chi connectivity index (χ0n) is 14.3. The fraction of sp³-hybridized carbons (Fsp3) is 0.556. The van der Waals surface area contributed by atoms with Crippen LogP contribution in [0.15, 0.2) is 24.3 Å². The number of nitriles is 1. The molecule has 0 bridgehead atoms. The second-order valence-corrected chi connectivity index (χ2v) is 6.15. The smallest absolute Gasteiger partial charge is 0.223 e. The maximum absolute atomic E-state index is 12.1. The highest BCUT2D eigenvalue weighted by molar-refractivity contribution is 5.76. The minimum Gasteiger partial charge on any atom is -0.497 e. The Balaban J connectivity index is 1.97. The molecule has 1 N–H and O–H groups in total. The second kappa shape index (κ2) is 8.67. The molecule has 24 heavy (non-hydrogen) atoms. The van der Waals surface area contributed by atoms with Crippen LogP contribution in [0.3, 0.4) is 0 Å². The number of β-amino-alcohol motifs (C(OH)–C–C–N with tert-alkyl or cyclic N) is 1. The first-order valence-corrected chi connectivity index (χ1v) is 8.22. The monoisotopic (exact) mass is 331 g/mol. The van der Waals surface area contributed by atoms with Crippen molar-refractivity contribution in [1.29, 1.82) is 5.26 Å². The predicted molar refractivity (Wildman–Crippen MR) is 90.4 cm³/mol. The molecule has 0 radical (unpaired) electrons. The van der Waals surface area contributed by atoms with Crippen LogP contribution in [0.5, 0.6) is 5.75 Å². The highest BCUT2D eigenvalue weighted by atomic mass is 16.5. The third-order valence-corrected chi connectivity index (χ3v) is 4.46.